The topological polar surface area (TPSA) is 64.4 Å². The lowest BCUT2D eigenvalue weighted by Crippen LogP contribution is -2.00. The highest BCUT2D eigenvalue weighted by atomic mass is 16.6. The summed E-state index contributed by atoms with van der Waals surface area (Å²) >= 11 is 0. The number of nitrogens with zero attached hydrogens (tertiary/aromatic N) is 1. The van der Waals surface area contributed by atoms with Gasteiger partial charge in [-0.2, -0.15) is 0 Å². The summed E-state index contributed by atoms with van der Waals surface area (Å²) in [6.45, 7) is 1.72. The van der Waals surface area contributed by atoms with Gasteiger partial charge in [0.25, 0.3) is 5.69 Å². The summed E-state index contributed by atoms with van der Waals surface area (Å²) in [4.78, 5) is 10.2. The Bertz CT molecular complexity index is 644. The SMILES string of the molecule is O=[N+]([O-])c1ccc(OCCCCCCCCCCNc2ccccc2)cc1. The number of nitrogens with one attached hydrogen (secondary N) is 1. The molecule has 0 atom stereocenters. The summed E-state index contributed by atoms with van der Waals surface area (Å²) in [5, 5.41) is 14.0. The van der Waals surface area contributed by atoms with Gasteiger partial charge < -0.3 is 10.1 Å². The third kappa shape index (κ3) is 9.08. The average Bonchev–Trinajstić information content (AvgIpc) is 2.70. The van der Waals surface area contributed by atoms with Crippen molar-refractivity contribution in [3.63, 3.8) is 0 Å². The lowest BCUT2D eigenvalue weighted by Gasteiger charge is -2.07. The number of para-hydroxylation sites is 1. The van der Waals surface area contributed by atoms with Crippen molar-refractivity contribution in [3.05, 3.63) is 64.7 Å². The molecular weight excluding hydrogens is 340 g/mol. The first-order valence-corrected chi connectivity index (χ1v) is 9.92. The lowest BCUT2D eigenvalue weighted by atomic mass is 10.1. The Balaban J connectivity index is 1.37. The van der Waals surface area contributed by atoms with E-state index in [1.807, 2.05) is 6.07 Å². The van der Waals surface area contributed by atoms with Crippen molar-refractivity contribution in [1.29, 1.82) is 0 Å². The minimum atomic E-state index is -0.399. The molecule has 1 N–H and O–H groups in total. The molecule has 0 aromatic heterocycles. The van der Waals surface area contributed by atoms with Gasteiger partial charge in [-0.3, -0.25) is 10.1 Å². The molecular formula is C22H30N2O3. The molecule has 0 unspecified atom stereocenters. The van der Waals surface area contributed by atoms with Crippen molar-refractivity contribution < 1.29 is 9.66 Å². The third-order valence-corrected chi connectivity index (χ3v) is 4.49. The van der Waals surface area contributed by atoms with Crippen LogP contribution in [0.1, 0.15) is 51.4 Å². The molecule has 5 heteroatoms. The van der Waals surface area contributed by atoms with E-state index in [1.165, 1.54) is 62.8 Å². The summed E-state index contributed by atoms with van der Waals surface area (Å²) in [5.41, 5.74) is 1.30. The van der Waals surface area contributed by atoms with Gasteiger partial charge in [0.05, 0.1) is 11.5 Å². The van der Waals surface area contributed by atoms with E-state index in [4.69, 9.17) is 4.74 Å². The maximum absolute atomic E-state index is 10.6. The molecule has 0 saturated carbocycles. The van der Waals surface area contributed by atoms with Crippen molar-refractivity contribution >= 4 is 11.4 Å². The number of rotatable bonds is 14. The predicted octanol–water partition coefficient (Wildman–Crippen LogP) is 6.21. The number of nitro benzene ring substituents is 1. The van der Waals surface area contributed by atoms with Crippen LogP contribution in [0.4, 0.5) is 11.4 Å². The smallest absolute Gasteiger partial charge is 0.269 e. The van der Waals surface area contributed by atoms with Crippen LogP contribution in [0.2, 0.25) is 0 Å². The first kappa shape index (κ1) is 20.7. The van der Waals surface area contributed by atoms with Crippen molar-refractivity contribution in [3.8, 4) is 5.75 Å². The molecule has 0 spiro atoms. The van der Waals surface area contributed by atoms with Crippen molar-refractivity contribution in [2.24, 2.45) is 0 Å². The molecule has 2 aromatic rings. The summed E-state index contributed by atoms with van der Waals surface area (Å²) in [6.07, 6.45) is 9.82. The van der Waals surface area contributed by atoms with E-state index in [9.17, 15) is 10.1 Å². The molecule has 0 saturated heterocycles. The zero-order valence-corrected chi connectivity index (χ0v) is 15.9. The minimum absolute atomic E-state index is 0.0956. The van der Waals surface area contributed by atoms with Gasteiger partial charge in [0.2, 0.25) is 0 Å². The second kappa shape index (κ2) is 12.7. The molecule has 27 heavy (non-hydrogen) atoms. The van der Waals surface area contributed by atoms with Crippen LogP contribution in [-0.4, -0.2) is 18.1 Å². The fraction of sp³-hybridized carbons (Fsp3) is 0.455. The van der Waals surface area contributed by atoms with Crippen molar-refractivity contribution in [1.82, 2.24) is 0 Å². The van der Waals surface area contributed by atoms with Crippen LogP contribution in [0, 0.1) is 10.1 Å². The van der Waals surface area contributed by atoms with E-state index in [-0.39, 0.29) is 5.69 Å². The molecule has 0 radical (unpaired) electrons. The number of hydrogen-bond donors (Lipinski definition) is 1. The number of anilines is 1. The first-order valence-electron chi connectivity index (χ1n) is 9.92. The molecule has 0 aliphatic heterocycles. The van der Waals surface area contributed by atoms with Crippen LogP contribution < -0.4 is 10.1 Å². The molecule has 0 heterocycles. The standard InChI is InChI=1S/C22H30N2O3/c25-24(26)21-14-16-22(17-15-21)27-19-11-6-4-2-1-3-5-10-18-23-20-12-8-7-9-13-20/h7-9,12-17,23H,1-6,10-11,18-19H2. The largest absolute Gasteiger partial charge is 0.494 e. The van der Waals surface area contributed by atoms with Crippen LogP contribution >= 0.6 is 0 Å². The second-order valence-corrected chi connectivity index (χ2v) is 6.72. The Morgan fingerprint density at radius 3 is 2.00 bits per heavy atom. The number of non-ortho nitro benzene ring substituents is 1. The molecule has 0 aliphatic carbocycles. The summed E-state index contributed by atoms with van der Waals surface area (Å²) < 4.78 is 5.62. The summed E-state index contributed by atoms with van der Waals surface area (Å²) in [6, 6.07) is 16.6. The third-order valence-electron chi connectivity index (χ3n) is 4.49. The fourth-order valence-electron chi connectivity index (χ4n) is 2.93. The quantitative estimate of drug-likeness (QED) is 0.244. The maximum atomic E-state index is 10.6. The molecule has 0 fully saturated rings. The summed E-state index contributed by atoms with van der Waals surface area (Å²) in [7, 11) is 0. The normalized spacial score (nSPS) is 10.5. The fourth-order valence-corrected chi connectivity index (χ4v) is 2.93. The van der Waals surface area contributed by atoms with Crippen molar-refractivity contribution in [2.75, 3.05) is 18.5 Å². The van der Waals surface area contributed by atoms with Gasteiger partial charge in [0, 0.05) is 24.4 Å². The molecule has 5 nitrogen and oxygen atoms in total. The van der Waals surface area contributed by atoms with Crippen LogP contribution in [0.25, 0.3) is 0 Å². The van der Waals surface area contributed by atoms with Crippen LogP contribution in [0.3, 0.4) is 0 Å². The number of hydrogen-bond acceptors (Lipinski definition) is 4. The number of nitro groups is 1. The number of unbranched alkanes of at least 4 members (excludes halogenated alkanes) is 7. The van der Waals surface area contributed by atoms with Gasteiger partial charge in [-0.05, 0) is 37.1 Å². The minimum Gasteiger partial charge on any atom is -0.494 e. The average molecular weight is 370 g/mol. The van der Waals surface area contributed by atoms with Gasteiger partial charge in [-0.15, -0.1) is 0 Å². The molecule has 0 amide bonds. The highest BCUT2D eigenvalue weighted by Crippen LogP contribution is 2.18. The Morgan fingerprint density at radius 2 is 1.37 bits per heavy atom. The molecule has 0 aliphatic rings. The van der Waals surface area contributed by atoms with Gasteiger partial charge >= 0.3 is 0 Å². The van der Waals surface area contributed by atoms with Crippen LogP contribution in [-0.2, 0) is 0 Å². The van der Waals surface area contributed by atoms with Gasteiger partial charge in [0.15, 0.2) is 0 Å². The van der Waals surface area contributed by atoms with Crippen molar-refractivity contribution in [2.45, 2.75) is 51.4 Å². The molecule has 0 bridgehead atoms. The van der Waals surface area contributed by atoms with E-state index < -0.39 is 4.92 Å². The van der Waals surface area contributed by atoms with E-state index in [0.717, 1.165) is 13.0 Å². The monoisotopic (exact) mass is 370 g/mol. The van der Waals surface area contributed by atoms with Crippen LogP contribution in [0.15, 0.2) is 54.6 Å². The molecule has 2 aromatic carbocycles. The molecule has 2 rings (SSSR count). The van der Waals surface area contributed by atoms with E-state index in [0.29, 0.717) is 12.4 Å². The first-order chi connectivity index (χ1) is 13.3. The second-order valence-electron chi connectivity index (χ2n) is 6.72. The zero-order chi connectivity index (χ0) is 19.2. The maximum Gasteiger partial charge on any atom is 0.269 e. The van der Waals surface area contributed by atoms with Gasteiger partial charge in [0.1, 0.15) is 5.75 Å². The number of ether oxygens (including phenoxy) is 1. The lowest BCUT2D eigenvalue weighted by molar-refractivity contribution is -0.384. The van der Waals surface area contributed by atoms with Gasteiger partial charge in [-0.1, -0.05) is 56.7 Å². The Morgan fingerprint density at radius 1 is 0.778 bits per heavy atom. The highest BCUT2D eigenvalue weighted by Gasteiger charge is 2.04. The highest BCUT2D eigenvalue weighted by molar-refractivity contribution is 5.42. The van der Waals surface area contributed by atoms with Gasteiger partial charge in [-0.25, -0.2) is 0 Å². The summed E-state index contributed by atoms with van der Waals surface area (Å²) in [5.74, 6) is 0.699. The van der Waals surface area contributed by atoms with Crippen LogP contribution in [0.5, 0.6) is 5.75 Å². The number of benzene rings is 2. The predicted molar refractivity (Wildman–Crippen MR) is 110 cm³/mol. The Labute approximate surface area is 161 Å². The van der Waals surface area contributed by atoms with E-state index >= 15 is 0 Å². The van der Waals surface area contributed by atoms with E-state index in [1.54, 1.807) is 12.1 Å². The zero-order valence-electron chi connectivity index (χ0n) is 15.9. The van der Waals surface area contributed by atoms with E-state index in [2.05, 4.69) is 29.6 Å². The Kier molecular flexibility index (Phi) is 9.79. The Hall–Kier alpha value is -2.56. The molecule has 146 valence electrons.